The van der Waals surface area contributed by atoms with Crippen LogP contribution in [0, 0.1) is 5.41 Å². The normalized spacial score (nSPS) is 14.2. The van der Waals surface area contributed by atoms with Gasteiger partial charge < -0.3 is 4.57 Å². The van der Waals surface area contributed by atoms with E-state index in [4.69, 9.17) is 0 Å². The maximum Gasteiger partial charge on any atom is 0.251 e. The van der Waals surface area contributed by atoms with Gasteiger partial charge in [-0.05, 0) is 41.4 Å². The van der Waals surface area contributed by atoms with Crippen LogP contribution >= 0.6 is 0 Å². The van der Waals surface area contributed by atoms with Crippen molar-refractivity contribution in [2.24, 2.45) is 5.41 Å². The van der Waals surface area contributed by atoms with E-state index in [1.165, 1.54) is 11.3 Å². The van der Waals surface area contributed by atoms with Gasteiger partial charge in [-0.25, -0.2) is 0 Å². The zero-order valence-corrected chi connectivity index (χ0v) is 13.1. The first kappa shape index (κ1) is 14.1. The molecule has 0 bridgehead atoms. The Morgan fingerprint density at radius 3 is 2.48 bits per heavy atom. The van der Waals surface area contributed by atoms with Gasteiger partial charge in [-0.15, -0.1) is 0 Å². The Morgan fingerprint density at radius 2 is 1.81 bits per heavy atom. The highest BCUT2D eigenvalue weighted by atomic mass is 16.1. The molecule has 1 aromatic carbocycles. The van der Waals surface area contributed by atoms with Gasteiger partial charge in [0, 0.05) is 18.3 Å². The summed E-state index contributed by atoms with van der Waals surface area (Å²) in [5, 5.41) is 0. The second-order valence-electron chi connectivity index (χ2n) is 7.19. The van der Waals surface area contributed by atoms with Gasteiger partial charge in [0.25, 0.3) is 5.56 Å². The lowest BCUT2D eigenvalue weighted by Crippen LogP contribution is -2.29. The van der Waals surface area contributed by atoms with Crippen molar-refractivity contribution in [2.45, 2.75) is 46.6 Å². The zero-order valence-electron chi connectivity index (χ0n) is 13.1. The summed E-state index contributed by atoms with van der Waals surface area (Å²) in [4.78, 5) is 12.6. The summed E-state index contributed by atoms with van der Waals surface area (Å²) in [5.74, 6) is 0. The molecular formula is C19H23NO. The highest BCUT2D eigenvalue weighted by molar-refractivity contribution is 5.68. The molecule has 0 N–H and O–H groups in total. The van der Waals surface area contributed by atoms with Gasteiger partial charge >= 0.3 is 0 Å². The summed E-state index contributed by atoms with van der Waals surface area (Å²) < 4.78 is 2.01. The summed E-state index contributed by atoms with van der Waals surface area (Å²) in [6.45, 7) is 7.35. The predicted octanol–water partition coefficient (Wildman–Crippen LogP) is 4.05. The molecule has 0 fully saturated rings. The molecule has 2 nitrogen and oxygen atoms in total. The van der Waals surface area contributed by atoms with Crippen molar-refractivity contribution in [3.8, 4) is 11.1 Å². The Balaban J connectivity index is 2.17. The average Bonchev–Trinajstić information content (AvgIpc) is 2.91. The lowest BCUT2D eigenvalue weighted by Gasteiger charge is -2.23. The van der Waals surface area contributed by atoms with Crippen LogP contribution in [0.1, 0.15) is 38.4 Å². The van der Waals surface area contributed by atoms with E-state index in [-0.39, 0.29) is 11.0 Å². The minimum atomic E-state index is 0.119. The SMILES string of the molecule is CC(C)(C)Cn1c2c(c(-c3ccccc3)cc1=O)CCC2. The van der Waals surface area contributed by atoms with E-state index in [2.05, 4.69) is 32.9 Å². The first-order chi connectivity index (χ1) is 9.96. The first-order valence-electron chi connectivity index (χ1n) is 7.77. The topological polar surface area (TPSA) is 22.0 Å². The van der Waals surface area contributed by atoms with Crippen LogP contribution in [-0.4, -0.2) is 4.57 Å². The van der Waals surface area contributed by atoms with E-state index in [0.717, 1.165) is 36.9 Å². The van der Waals surface area contributed by atoms with Crippen molar-refractivity contribution >= 4 is 0 Å². The third-order valence-corrected chi connectivity index (χ3v) is 4.09. The number of aromatic nitrogens is 1. The standard InChI is InChI=1S/C19H23NO/c1-19(2,3)13-20-17-11-7-10-15(17)16(12-18(20)21)14-8-5-4-6-9-14/h4-6,8-9,12H,7,10-11,13H2,1-3H3. The van der Waals surface area contributed by atoms with Crippen molar-refractivity contribution in [3.05, 3.63) is 58.0 Å². The van der Waals surface area contributed by atoms with E-state index in [0.29, 0.717) is 0 Å². The number of hydrogen-bond acceptors (Lipinski definition) is 1. The molecule has 0 amide bonds. The number of benzene rings is 1. The molecule has 2 aromatic rings. The summed E-state index contributed by atoms with van der Waals surface area (Å²) >= 11 is 0. The highest BCUT2D eigenvalue weighted by Gasteiger charge is 2.23. The molecule has 1 aromatic heterocycles. The summed E-state index contributed by atoms with van der Waals surface area (Å²) in [7, 11) is 0. The maximum absolute atomic E-state index is 12.6. The van der Waals surface area contributed by atoms with Crippen LogP contribution in [-0.2, 0) is 19.4 Å². The molecule has 0 radical (unpaired) electrons. The van der Waals surface area contributed by atoms with Gasteiger partial charge in [-0.1, -0.05) is 51.1 Å². The van der Waals surface area contributed by atoms with Crippen LogP contribution in [0.5, 0.6) is 0 Å². The fourth-order valence-corrected chi connectivity index (χ4v) is 3.26. The number of hydrogen-bond donors (Lipinski definition) is 0. The first-order valence-corrected chi connectivity index (χ1v) is 7.77. The fraction of sp³-hybridized carbons (Fsp3) is 0.421. The highest BCUT2D eigenvalue weighted by Crippen LogP contribution is 2.32. The smallest absolute Gasteiger partial charge is 0.251 e. The second kappa shape index (κ2) is 5.18. The number of fused-ring (bicyclic) bond motifs is 1. The molecule has 3 rings (SSSR count). The van der Waals surface area contributed by atoms with Crippen molar-refractivity contribution in [2.75, 3.05) is 0 Å². The maximum atomic E-state index is 12.6. The van der Waals surface area contributed by atoms with E-state index < -0.39 is 0 Å². The van der Waals surface area contributed by atoms with Crippen LogP contribution in [0.15, 0.2) is 41.2 Å². The zero-order chi connectivity index (χ0) is 15.0. The Labute approximate surface area is 126 Å². The third kappa shape index (κ3) is 2.80. The average molecular weight is 281 g/mol. The van der Waals surface area contributed by atoms with E-state index >= 15 is 0 Å². The van der Waals surface area contributed by atoms with Crippen molar-refractivity contribution < 1.29 is 0 Å². The lowest BCUT2D eigenvalue weighted by molar-refractivity contribution is 0.333. The summed E-state index contributed by atoms with van der Waals surface area (Å²) in [5.41, 5.74) is 5.20. The van der Waals surface area contributed by atoms with Crippen molar-refractivity contribution in [3.63, 3.8) is 0 Å². The predicted molar refractivity (Wildman–Crippen MR) is 87.6 cm³/mol. The number of rotatable bonds is 2. The van der Waals surface area contributed by atoms with E-state index in [1.54, 1.807) is 0 Å². The molecule has 2 heteroatoms. The van der Waals surface area contributed by atoms with Crippen LogP contribution in [0.3, 0.4) is 0 Å². The molecule has 21 heavy (non-hydrogen) atoms. The Bertz CT molecular complexity index is 705. The van der Waals surface area contributed by atoms with Gasteiger partial charge in [0.2, 0.25) is 0 Å². The number of nitrogens with zero attached hydrogens (tertiary/aromatic N) is 1. The molecule has 0 spiro atoms. The molecule has 0 saturated heterocycles. The molecule has 1 heterocycles. The van der Waals surface area contributed by atoms with E-state index in [9.17, 15) is 4.79 Å². The summed E-state index contributed by atoms with van der Waals surface area (Å²) in [6.07, 6.45) is 3.27. The van der Waals surface area contributed by atoms with Crippen LogP contribution in [0.25, 0.3) is 11.1 Å². The second-order valence-corrected chi connectivity index (χ2v) is 7.19. The van der Waals surface area contributed by atoms with E-state index in [1.807, 2.05) is 28.8 Å². The minimum absolute atomic E-state index is 0.119. The molecule has 0 unspecified atom stereocenters. The molecule has 1 aliphatic rings. The van der Waals surface area contributed by atoms with Crippen LogP contribution in [0.2, 0.25) is 0 Å². The molecule has 0 saturated carbocycles. The van der Waals surface area contributed by atoms with Gasteiger partial charge in [0.1, 0.15) is 0 Å². The lowest BCUT2D eigenvalue weighted by atomic mass is 9.95. The molecular weight excluding hydrogens is 258 g/mol. The van der Waals surface area contributed by atoms with Gasteiger partial charge in [-0.3, -0.25) is 4.79 Å². The fourth-order valence-electron chi connectivity index (χ4n) is 3.26. The number of pyridine rings is 1. The Morgan fingerprint density at radius 1 is 1.10 bits per heavy atom. The molecule has 110 valence electrons. The third-order valence-electron chi connectivity index (χ3n) is 4.09. The minimum Gasteiger partial charge on any atom is -0.312 e. The molecule has 0 aliphatic heterocycles. The van der Waals surface area contributed by atoms with Crippen LogP contribution in [0.4, 0.5) is 0 Å². The van der Waals surface area contributed by atoms with Crippen molar-refractivity contribution in [1.29, 1.82) is 0 Å². The summed E-state index contributed by atoms with van der Waals surface area (Å²) in [6, 6.07) is 12.1. The largest absolute Gasteiger partial charge is 0.312 e. The van der Waals surface area contributed by atoms with Gasteiger partial charge in [-0.2, -0.15) is 0 Å². The quantitative estimate of drug-likeness (QED) is 0.814. The van der Waals surface area contributed by atoms with Crippen molar-refractivity contribution in [1.82, 2.24) is 4.57 Å². The Kier molecular flexibility index (Phi) is 3.48. The molecule has 0 atom stereocenters. The monoisotopic (exact) mass is 281 g/mol. The van der Waals surface area contributed by atoms with Gasteiger partial charge in [0.15, 0.2) is 0 Å². The van der Waals surface area contributed by atoms with Crippen LogP contribution < -0.4 is 5.56 Å². The molecule has 1 aliphatic carbocycles. The van der Waals surface area contributed by atoms with Gasteiger partial charge in [0.05, 0.1) is 0 Å². The Hall–Kier alpha value is -1.83.